The Kier molecular flexibility index (Phi) is 3.99. The van der Waals surface area contributed by atoms with Gasteiger partial charge >= 0.3 is 0 Å². The molecule has 0 aliphatic rings. The predicted octanol–water partition coefficient (Wildman–Crippen LogP) is 5.48. The second-order valence-corrected chi connectivity index (χ2v) is 4.75. The van der Waals surface area contributed by atoms with Crippen molar-refractivity contribution in [3.8, 4) is 11.1 Å². The Morgan fingerprint density at radius 1 is 1.00 bits per heavy atom. The lowest BCUT2D eigenvalue weighted by Crippen LogP contribution is -1.88. The van der Waals surface area contributed by atoms with E-state index in [2.05, 4.69) is 75.4 Å². The van der Waals surface area contributed by atoms with E-state index in [1.165, 1.54) is 27.8 Å². The summed E-state index contributed by atoms with van der Waals surface area (Å²) in [5.74, 6) is 0. The molecule has 0 amide bonds. The Morgan fingerprint density at radius 3 is 2.39 bits per heavy atom. The Hall–Kier alpha value is -1.82. The largest absolute Gasteiger partial charge is 0.0730 e. The molecule has 0 heterocycles. The van der Waals surface area contributed by atoms with E-state index in [1.54, 1.807) is 0 Å². The number of benzene rings is 2. The summed E-state index contributed by atoms with van der Waals surface area (Å²) in [7, 11) is 0. The third kappa shape index (κ3) is 2.70. The summed E-state index contributed by atoms with van der Waals surface area (Å²) in [5.41, 5.74) is 6.72. The van der Waals surface area contributed by atoms with Gasteiger partial charge in [-0.15, -0.1) is 0 Å². The topological polar surface area (TPSA) is 0 Å². The van der Waals surface area contributed by atoms with E-state index in [-0.39, 0.29) is 0 Å². The van der Waals surface area contributed by atoms with E-state index >= 15 is 0 Å². The molecule has 0 saturated heterocycles. The zero-order valence-corrected chi connectivity index (χ0v) is 11.4. The molecule has 0 nitrogen and oxygen atoms in total. The van der Waals surface area contributed by atoms with E-state index in [0.29, 0.717) is 0 Å². The predicted molar refractivity (Wildman–Crippen MR) is 80.6 cm³/mol. The van der Waals surface area contributed by atoms with Crippen LogP contribution in [0.5, 0.6) is 0 Å². The van der Waals surface area contributed by atoms with Crippen molar-refractivity contribution in [1.82, 2.24) is 0 Å². The first-order valence-corrected chi connectivity index (χ1v) is 6.54. The average Bonchev–Trinajstić information content (AvgIpc) is 2.40. The fourth-order valence-electron chi connectivity index (χ4n) is 2.18. The minimum absolute atomic E-state index is 1.10. The maximum atomic E-state index is 2.30. The molecule has 0 radical (unpaired) electrons. The lowest BCUT2D eigenvalue weighted by atomic mass is 9.94. The van der Waals surface area contributed by atoms with Crippen LogP contribution in [0.4, 0.5) is 0 Å². The average molecular weight is 236 g/mol. The van der Waals surface area contributed by atoms with Crippen LogP contribution in [0.25, 0.3) is 17.2 Å². The molecule has 0 heteroatoms. The summed E-state index contributed by atoms with van der Waals surface area (Å²) in [6.07, 6.45) is 3.40. The number of hydrogen-bond donors (Lipinski definition) is 0. The molecule has 2 rings (SSSR count). The molecule has 0 N–H and O–H groups in total. The molecule has 18 heavy (non-hydrogen) atoms. The Balaban J connectivity index is 2.59. The fraction of sp³-hybridized carbons (Fsp3) is 0.222. The van der Waals surface area contributed by atoms with Crippen LogP contribution in [-0.4, -0.2) is 0 Å². The van der Waals surface area contributed by atoms with Crippen LogP contribution in [0.3, 0.4) is 0 Å². The maximum Gasteiger partial charge on any atom is -0.00822 e. The standard InChI is InChI=1S/C18H20/c1-4-14(2)13-17-12-8-9-15(3)18(17)16-10-6-5-7-11-16/h5-13H,4H2,1-3H3/b14-13-. The fourth-order valence-corrected chi connectivity index (χ4v) is 2.18. The highest BCUT2D eigenvalue weighted by Gasteiger charge is 2.05. The van der Waals surface area contributed by atoms with E-state index in [4.69, 9.17) is 0 Å². The highest BCUT2D eigenvalue weighted by molar-refractivity contribution is 5.78. The highest BCUT2D eigenvalue weighted by Crippen LogP contribution is 2.29. The Labute approximate surface area is 110 Å². The van der Waals surface area contributed by atoms with Crippen LogP contribution in [0.1, 0.15) is 31.4 Å². The Morgan fingerprint density at radius 2 is 1.72 bits per heavy atom. The van der Waals surface area contributed by atoms with Gasteiger partial charge in [0, 0.05) is 0 Å². The maximum absolute atomic E-state index is 2.30. The molecule has 0 saturated carbocycles. The van der Waals surface area contributed by atoms with Gasteiger partial charge in [0.05, 0.1) is 0 Å². The number of rotatable bonds is 3. The zero-order chi connectivity index (χ0) is 13.0. The van der Waals surface area contributed by atoms with Crippen LogP contribution >= 0.6 is 0 Å². The monoisotopic (exact) mass is 236 g/mol. The molecule has 2 aromatic carbocycles. The second kappa shape index (κ2) is 5.68. The van der Waals surface area contributed by atoms with Gasteiger partial charge in [0.2, 0.25) is 0 Å². The van der Waals surface area contributed by atoms with Crippen LogP contribution in [0, 0.1) is 6.92 Å². The van der Waals surface area contributed by atoms with Crippen molar-refractivity contribution >= 4 is 6.08 Å². The van der Waals surface area contributed by atoms with E-state index in [1.807, 2.05) is 0 Å². The van der Waals surface area contributed by atoms with Gasteiger partial charge in [0.25, 0.3) is 0 Å². The normalized spacial score (nSPS) is 11.6. The van der Waals surface area contributed by atoms with Crippen LogP contribution in [0.2, 0.25) is 0 Å². The van der Waals surface area contributed by atoms with E-state index < -0.39 is 0 Å². The van der Waals surface area contributed by atoms with Gasteiger partial charge in [0.1, 0.15) is 0 Å². The SMILES string of the molecule is CC/C(C)=C\c1cccc(C)c1-c1ccccc1. The van der Waals surface area contributed by atoms with Gasteiger partial charge in [-0.2, -0.15) is 0 Å². The third-order valence-corrected chi connectivity index (χ3v) is 3.33. The molecule has 92 valence electrons. The molecule has 0 aliphatic carbocycles. The lowest BCUT2D eigenvalue weighted by Gasteiger charge is -2.11. The molecule has 0 spiro atoms. The van der Waals surface area contributed by atoms with Crippen molar-refractivity contribution in [2.75, 3.05) is 0 Å². The van der Waals surface area contributed by atoms with Crippen molar-refractivity contribution < 1.29 is 0 Å². The second-order valence-electron chi connectivity index (χ2n) is 4.75. The number of hydrogen-bond acceptors (Lipinski definition) is 0. The lowest BCUT2D eigenvalue weighted by molar-refractivity contribution is 1.11. The number of allylic oxidation sites excluding steroid dienone is 1. The Bertz CT molecular complexity index is 548. The zero-order valence-electron chi connectivity index (χ0n) is 11.4. The van der Waals surface area contributed by atoms with Gasteiger partial charge in [-0.25, -0.2) is 0 Å². The summed E-state index contributed by atoms with van der Waals surface area (Å²) < 4.78 is 0. The molecule has 0 unspecified atom stereocenters. The van der Waals surface area contributed by atoms with Gasteiger partial charge in [0.15, 0.2) is 0 Å². The summed E-state index contributed by atoms with van der Waals surface area (Å²) in [6.45, 7) is 6.57. The van der Waals surface area contributed by atoms with Crippen LogP contribution in [0.15, 0.2) is 54.1 Å². The number of aryl methyl sites for hydroxylation is 1. The van der Waals surface area contributed by atoms with Crippen LogP contribution in [-0.2, 0) is 0 Å². The first kappa shape index (κ1) is 12.6. The summed E-state index contributed by atoms with van der Waals surface area (Å²) in [5, 5.41) is 0. The molecule has 0 bridgehead atoms. The highest BCUT2D eigenvalue weighted by atomic mass is 14.1. The van der Waals surface area contributed by atoms with Gasteiger partial charge in [-0.3, -0.25) is 0 Å². The quantitative estimate of drug-likeness (QED) is 0.662. The molecule has 2 aromatic rings. The molecular formula is C18H20. The summed E-state index contributed by atoms with van der Waals surface area (Å²) in [4.78, 5) is 0. The summed E-state index contributed by atoms with van der Waals surface area (Å²) in [6, 6.07) is 17.1. The molecule has 0 atom stereocenters. The van der Waals surface area contributed by atoms with E-state index in [9.17, 15) is 0 Å². The minimum atomic E-state index is 1.10. The molecular weight excluding hydrogens is 216 g/mol. The molecule has 0 aromatic heterocycles. The smallest absolute Gasteiger partial charge is 0.00822 e. The van der Waals surface area contributed by atoms with Crippen molar-refractivity contribution in [3.05, 3.63) is 65.2 Å². The van der Waals surface area contributed by atoms with Crippen molar-refractivity contribution in [1.29, 1.82) is 0 Å². The summed E-state index contributed by atoms with van der Waals surface area (Å²) >= 11 is 0. The van der Waals surface area contributed by atoms with Crippen molar-refractivity contribution in [2.45, 2.75) is 27.2 Å². The molecule has 0 fully saturated rings. The minimum Gasteiger partial charge on any atom is -0.0730 e. The first-order valence-electron chi connectivity index (χ1n) is 6.54. The van der Waals surface area contributed by atoms with Gasteiger partial charge < -0.3 is 0 Å². The van der Waals surface area contributed by atoms with Crippen molar-refractivity contribution in [3.63, 3.8) is 0 Å². The third-order valence-electron chi connectivity index (χ3n) is 3.33. The van der Waals surface area contributed by atoms with Crippen LogP contribution < -0.4 is 0 Å². The first-order chi connectivity index (χ1) is 8.72. The van der Waals surface area contributed by atoms with Gasteiger partial charge in [-0.1, -0.05) is 67.1 Å². The van der Waals surface area contributed by atoms with Crippen molar-refractivity contribution in [2.24, 2.45) is 0 Å². The van der Waals surface area contributed by atoms with Gasteiger partial charge in [-0.05, 0) is 42.5 Å². The van der Waals surface area contributed by atoms with E-state index in [0.717, 1.165) is 6.42 Å². The molecule has 0 aliphatic heterocycles.